The van der Waals surface area contributed by atoms with Gasteiger partial charge in [-0.25, -0.2) is 4.79 Å². The van der Waals surface area contributed by atoms with Crippen molar-refractivity contribution in [1.29, 1.82) is 0 Å². The van der Waals surface area contributed by atoms with Crippen LogP contribution in [0.1, 0.15) is 26.5 Å². The van der Waals surface area contributed by atoms with E-state index in [1.165, 1.54) is 11.2 Å². The van der Waals surface area contributed by atoms with E-state index >= 15 is 0 Å². The number of nitrogens with zero attached hydrogens (tertiary/aromatic N) is 1. The second kappa shape index (κ2) is 4.67. The molecule has 3 amide bonds. The van der Waals surface area contributed by atoms with Gasteiger partial charge in [-0.15, -0.1) is 0 Å². The van der Waals surface area contributed by atoms with Crippen molar-refractivity contribution < 1.29 is 14.0 Å². The molecule has 1 aliphatic heterocycles. The molecule has 0 radical (unpaired) electrons. The quantitative estimate of drug-likeness (QED) is 0.682. The fraction of sp³-hybridized carbons (Fsp3) is 0.538. The van der Waals surface area contributed by atoms with Crippen LogP contribution in [0.2, 0.25) is 0 Å². The molecule has 1 aromatic rings. The van der Waals surface area contributed by atoms with Crippen molar-refractivity contribution in [3.05, 3.63) is 24.2 Å². The normalized spacial score (nSPS) is 23.9. The van der Waals surface area contributed by atoms with Crippen molar-refractivity contribution in [3.63, 3.8) is 0 Å². The standard InChI is InChI=1S/C13H17BrN2O3/c1-12(2,7-14)8-16-10(17)13(3,15-11(16)18)9-5-4-6-19-9/h4-6H,7-8H2,1-3H3,(H,15,18). The highest BCUT2D eigenvalue weighted by molar-refractivity contribution is 9.09. The van der Waals surface area contributed by atoms with Crippen molar-refractivity contribution >= 4 is 27.9 Å². The molecule has 1 N–H and O–H groups in total. The molecule has 1 saturated heterocycles. The predicted molar refractivity (Wildman–Crippen MR) is 73.9 cm³/mol. The lowest BCUT2D eigenvalue weighted by molar-refractivity contribution is -0.132. The zero-order chi connectivity index (χ0) is 14.3. The number of hydrogen-bond acceptors (Lipinski definition) is 3. The first kappa shape index (κ1) is 14.1. The van der Waals surface area contributed by atoms with Crippen molar-refractivity contribution in [2.45, 2.75) is 26.3 Å². The molecule has 0 saturated carbocycles. The number of hydrogen-bond donors (Lipinski definition) is 1. The molecule has 1 aliphatic rings. The molecule has 104 valence electrons. The molecule has 1 fully saturated rings. The fourth-order valence-corrected chi connectivity index (χ4v) is 2.22. The average Bonchev–Trinajstić information content (AvgIpc) is 2.94. The smallest absolute Gasteiger partial charge is 0.325 e. The Bertz CT molecular complexity index is 498. The Morgan fingerprint density at radius 3 is 2.68 bits per heavy atom. The van der Waals surface area contributed by atoms with E-state index in [0.717, 1.165) is 0 Å². The Morgan fingerprint density at radius 1 is 1.47 bits per heavy atom. The number of imide groups is 1. The molecule has 6 heteroatoms. The van der Waals surface area contributed by atoms with Gasteiger partial charge in [0.2, 0.25) is 0 Å². The summed E-state index contributed by atoms with van der Waals surface area (Å²) in [7, 11) is 0. The number of rotatable bonds is 4. The number of urea groups is 1. The number of carbonyl (C=O) groups is 2. The SMILES string of the molecule is CC(C)(CBr)CN1C(=O)NC(C)(c2ccco2)C1=O. The van der Waals surface area contributed by atoms with E-state index in [0.29, 0.717) is 17.6 Å². The van der Waals surface area contributed by atoms with Gasteiger partial charge in [0.05, 0.1) is 6.26 Å². The number of nitrogens with one attached hydrogen (secondary N) is 1. The zero-order valence-electron chi connectivity index (χ0n) is 11.2. The van der Waals surface area contributed by atoms with Gasteiger partial charge in [0.1, 0.15) is 5.76 Å². The lowest BCUT2D eigenvalue weighted by Crippen LogP contribution is -2.42. The Kier molecular flexibility index (Phi) is 3.47. The number of amides is 3. The summed E-state index contributed by atoms with van der Waals surface area (Å²) in [6, 6.07) is 3.01. The summed E-state index contributed by atoms with van der Waals surface area (Å²) in [5, 5.41) is 3.41. The summed E-state index contributed by atoms with van der Waals surface area (Å²) >= 11 is 3.40. The minimum Gasteiger partial charge on any atom is -0.466 e. The fourth-order valence-electron chi connectivity index (χ4n) is 2.04. The van der Waals surface area contributed by atoms with Crippen LogP contribution >= 0.6 is 15.9 Å². The van der Waals surface area contributed by atoms with Crippen LogP contribution in [0, 0.1) is 5.41 Å². The molecule has 2 rings (SSSR count). The highest BCUT2D eigenvalue weighted by Gasteiger charge is 2.51. The largest absolute Gasteiger partial charge is 0.466 e. The molecular formula is C13H17BrN2O3. The Labute approximate surface area is 120 Å². The lowest BCUT2D eigenvalue weighted by Gasteiger charge is -2.27. The second-order valence-corrected chi connectivity index (χ2v) is 6.28. The van der Waals surface area contributed by atoms with Crippen molar-refractivity contribution in [3.8, 4) is 0 Å². The third-order valence-electron chi connectivity index (χ3n) is 3.24. The molecule has 0 spiro atoms. The number of carbonyl (C=O) groups excluding carboxylic acids is 2. The highest BCUT2D eigenvalue weighted by Crippen LogP contribution is 2.31. The second-order valence-electron chi connectivity index (χ2n) is 5.72. The Hall–Kier alpha value is -1.30. The molecule has 2 heterocycles. The van der Waals surface area contributed by atoms with Gasteiger partial charge in [-0.2, -0.15) is 0 Å². The van der Waals surface area contributed by atoms with E-state index in [2.05, 4.69) is 21.2 Å². The minimum absolute atomic E-state index is 0.179. The summed E-state index contributed by atoms with van der Waals surface area (Å²) in [6.07, 6.45) is 1.49. The van der Waals surface area contributed by atoms with E-state index in [-0.39, 0.29) is 17.4 Å². The van der Waals surface area contributed by atoms with Gasteiger partial charge in [-0.3, -0.25) is 9.69 Å². The van der Waals surface area contributed by atoms with Gasteiger partial charge in [0.15, 0.2) is 5.54 Å². The van der Waals surface area contributed by atoms with Crippen LogP contribution < -0.4 is 5.32 Å². The molecule has 19 heavy (non-hydrogen) atoms. The van der Waals surface area contributed by atoms with E-state index in [9.17, 15) is 9.59 Å². The van der Waals surface area contributed by atoms with Crippen LogP contribution in [0.25, 0.3) is 0 Å². The van der Waals surface area contributed by atoms with Crippen molar-refractivity contribution in [2.75, 3.05) is 11.9 Å². The van der Waals surface area contributed by atoms with Crippen LogP contribution in [0.3, 0.4) is 0 Å². The van der Waals surface area contributed by atoms with E-state index in [4.69, 9.17) is 4.42 Å². The lowest BCUT2D eigenvalue weighted by atomic mass is 9.94. The predicted octanol–water partition coefficient (Wildman–Crippen LogP) is 2.47. The minimum atomic E-state index is -1.11. The molecule has 1 aromatic heterocycles. The van der Waals surface area contributed by atoms with Gasteiger partial charge < -0.3 is 9.73 Å². The molecule has 0 aromatic carbocycles. The van der Waals surface area contributed by atoms with E-state index in [1.807, 2.05) is 13.8 Å². The maximum absolute atomic E-state index is 12.5. The Balaban J connectivity index is 2.27. The van der Waals surface area contributed by atoms with Gasteiger partial charge in [0.25, 0.3) is 5.91 Å². The van der Waals surface area contributed by atoms with Crippen molar-refractivity contribution in [2.24, 2.45) is 5.41 Å². The molecule has 1 unspecified atom stereocenters. The summed E-state index contributed by atoms with van der Waals surface area (Å²) in [4.78, 5) is 25.8. The molecule has 0 aliphatic carbocycles. The van der Waals surface area contributed by atoms with Crippen LogP contribution in [0.15, 0.2) is 22.8 Å². The first-order valence-corrected chi connectivity index (χ1v) is 7.16. The summed E-state index contributed by atoms with van der Waals surface area (Å²) in [6.45, 7) is 6.00. The van der Waals surface area contributed by atoms with E-state index < -0.39 is 5.54 Å². The third kappa shape index (κ3) is 2.41. The maximum atomic E-state index is 12.5. The van der Waals surface area contributed by atoms with E-state index in [1.54, 1.807) is 19.1 Å². The first-order chi connectivity index (χ1) is 8.80. The maximum Gasteiger partial charge on any atom is 0.325 e. The first-order valence-electron chi connectivity index (χ1n) is 6.04. The molecule has 0 bridgehead atoms. The van der Waals surface area contributed by atoms with Gasteiger partial charge in [-0.1, -0.05) is 29.8 Å². The average molecular weight is 329 g/mol. The monoisotopic (exact) mass is 328 g/mol. The van der Waals surface area contributed by atoms with Crippen molar-refractivity contribution in [1.82, 2.24) is 10.2 Å². The summed E-state index contributed by atoms with van der Waals surface area (Å²) < 4.78 is 5.27. The molecular weight excluding hydrogens is 312 g/mol. The van der Waals surface area contributed by atoms with Gasteiger partial charge in [-0.05, 0) is 24.5 Å². The van der Waals surface area contributed by atoms with Crippen LogP contribution in [-0.4, -0.2) is 28.7 Å². The van der Waals surface area contributed by atoms with Crippen LogP contribution in [-0.2, 0) is 10.3 Å². The molecule has 5 nitrogen and oxygen atoms in total. The zero-order valence-corrected chi connectivity index (χ0v) is 12.8. The Morgan fingerprint density at radius 2 is 2.16 bits per heavy atom. The van der Waals surface area contributed by atoms with Crippen LogP contribution in [0.5, 0.6) is 0 Å². The molecule has 1 atom stereocenters. The van der Waals surface area contributed by atoms with Gasteiger partial charge in [0, 0.05) is 11.9 Å². The summed E-state index contributed by atoms with van der Waals surface area (Å²) in [5.74, 6) is 0.173. The highest BCUT2D eigenvalue weighted by atomic mass is 79.9. The number of furan rings is 1. The topological polar surface area (TPSA) is 62.6 Å². The number of alkyl halides is 1. The summed E-state index contributed by atoms with van der Waals surface area (Å²) in [5.41, 5.74) is -1.29. The van der Waals surface area contributed by atoms with Gasteiger partial charge >= 0.3 is 6.03 Å². The third-order valence-corrected chi connectivity index (χ3v) is 4.75. The number of halogens is 1. The van der Waals surface area contributed by atoms with Crippen LogP contribution in [0.4, 0.5) is 4.79 Å².